The number of hydrogen-bond donors (Lipinski definition) is 2. The number of imidazole rings is 1. The zero-order valence-corrected chi connectivity index (χ0v) is 11.3. The molecule has 0 unspecified atom stereocenters. The number of hydrogen-bond acceptors (Lipinski definition) is 3. The Morgan fingerprint density at radius 1 is 1.42 bits per heavy atom. The van der Waals surface area contributed by atoms with E-state index in [1.54, 1.807) is 0 Å². The van der Waals surface area contributed by atoms with Crippen LogP contribution in [0.25, 0.3) is 0 Å². The molecule has 0 radical (unpaired) electrons. The van der Waals surface area contributed by atoms with E-state index in [2.05, 4.69) is 9.88 Å². The molecule has 1 aliphatic carbocycles. The molecule has 19 heavy (non-hydrogen) atoms. The van der Waals surface area contributed by atoms with Crippen molar-refractivity contribution in [2.75, 3.05) is 6.54 Å². The topological polar surface area (TPSA) is 72.9 Å². The van der Waals surface area contributed by atoms with Crippen molar-refractivity contribution in [3.63, 3.8) is 0 Å². The van der Waals surface area contributed by atoms with E-state index < -0.39 is 0 Å². The normalized spacial score (nSPS) is 18.3. The van der Waals surface area contributed by atoms with Gasteiger partial charge in [0.05, 0.1) is 5.69 Å². The number of nitrogens with two attached hydrogens (primary N) is 1. The van der Waals surface area contributed by atoms with Crippen LogP contribution in [0.4, 0.5) is 0 Å². The van der Waals surface area contributed by atoms with E-state index in [-0.39, 0.29) is 5.91 Å². The number of fused-ring (bicyclic) bond motifs is 1. The van der Waals surface area contributed by atoms with Crippen LogP contribution in [0.2, 0.25) is 0 Å². The van der Waals surface area contributed by atoms with Crippen LogP contribution in [-0.4, -0.2) is 22.0 Å². The summed E-state index contributed by atoms with van der Waals surface area (Å²) in [5.41, 5.74) is 7.84. The number of carbonyl (C=O) groups excluding carboxylic acids is 1. The van der Waals surface area contributed by atoms with Gasteiger partial charge in [-0.15, -0.1) is 0 Å². The number of nitrogens with zero attached hydrogens (tertiary/aromatic N) is 2. The van der Waals surface area contributed by atoms with Crippen LogP contribution in [0.3, 0.4) is 0 Å². The summed E-state index contributed by atoms with van der Waals surface area (Å²) in [6, 6.07) is 0. The number of nitrogens with one attached hydrogen (secondary N) is 1. The van der Waals surface area contributed by atoms with Gasteiger partial charge in [-0.1, -0.05) is 0 Å². The molecule has 1 aromatic rings. The Morgan fingerprint density at radius 3 is 3.00 bits per heavy atom. The Labute approximate surface area is 113 Å². The molecular formula is C14H22N4O. The maximum atomic E-state index is 10.8. The molecule has 0 atom stereocenters. The van der Waals surface area contributed by atoms with Crippen molar-refractivity contribution in [1.29, 1.82) is 0 Å². The van der Waals surface area contributed by atoms with E-state index in [4.69, 9.17) is 10.7 Å². The third-order valence-electron chi connectivity index (χ3n) is 4.01. The first-order valence-corrected chi connectivity index (χ1v) is 7.33. The van der Waals surface area contributed by atoms with Crippen LogP contribution in [0.5, 0.6) is 0 Å². The second-order valence-electron chi connectivity index (χ2n) is 5.64. The second kappa shape index (κ2) is 5.33. The summed E-state index contributed by atoms with van der Waals surface area (Å²) in [7, 11) is 0. The van der Waals surface area contributed by atoms with Crippen molar-refractivity contribution >= 4 is 5.91 Å². The summed E-state index contributed by atoms with van der Waals surface area (Å²) < 4.78 is 2.43. The van der Waals surface area contributed by atoms with Crippen LogP contribution in [0.15, 0.2) is 0 Å². The number of aromatic nitrogens is 2. The molecule has 0 spiro atoms. The first-order chi connectivity index (χ1) is 9.25. The van der Waals surface area contributed by atoms with Crippen molar-refractivity contribution < 1.29 is 4.79 Å². The van der Waals surface area contributed by atoms with Crippen LogP contribution >= 0.6 is 0 Å². The molecule has 1 aliphatic heterocycles. The predicted octanol–water partition coefficient (Wildman–Crippen LogP) is 1.06. The van der Waals surface area contributed by atoms with Gasteiger partial charge in [-0.25, -0.2) is 4.98 Å². The summed E-state index contributed by atoms with van der Waals surface area (Å²) >= 11 is 0. The molecule has 0 saturated heterocycles. The number of primary amides is 1. The molecular weight excluding hydrogens is 240 g/mol. The molecule has 2 aliphatic rings. The molecule has 1 saturated carbocycles. The van der Waals surface area contributed by atoms with Crippen LogP contribution < -0.4 is 11.1 Å². The van der Waals surface area contributed by atoms with Gasteiger partial charge in [0.2, 0.25) is 5.91 Å². The molecule has 104 valence electrons. The molecule has 3 rings (SSSR count). The molecule has 2 heterocycles. The average Bonchev–Trinajstić information content (AvgIpc) is 3.17. The summed E-state index contributed by atoms with van der Waals surface area (Å²) in [5, 5.41) is 3.39. The summed E-state index contributed by atoms with van der Waals surface area (Å²) in [6.07, 6.45) is 6.03. The molecule has 1 fully saturated rings. The minimum absolute atomic E-state index is 0.195. The van der Waals surface area contributed by atoms with E-state index in [0.717, 1.165) is 38.9 Å². The minimum atomic E-state index is -0.195. The average molecular weight is 262 g/mol. The smallest absolute Gasteiger partial charge is 0.217 e. The number of carbonyl (C=O) groups is 1. The summed E-state index contributed by atoms with van der Waals surface area (Å²) in [4.78, 5) is 15.6. The third kappa shape index (κ3) is 2.81. The van der Waals surface area contributed by atoms with Gasteiger partial charge in [0.15, 0.2) is 0 Å². The number of unbranched alkanes of at least 4 members (excludes halogenated alkanes) is 1. The first kappa shape index (κ1) is 12.7. The van der Waals surface area contributed by atoms with Crippen LogP contribution in [0, 0.1) is 0 Å². The highest BCUT2D eigenvalue weighted by atomic mass is 16.1. The highest BCUT2D eigenvalue weighted by Crippen LogP contribution is 2.40. The fourth-order valence-corrected chi connectivity index (χ4v) is 2.86. The lowest BCUT2D eigenvalue weighted by atomic mass is 10.1. The molecule has 3 N–H and O–H groups in total. The first-order valence-electron chi connectivity index (χ1n) is 7.33. The van der Waals surface area contributed by atoms with E-state index in [1.165, 1.54) is 30.1 Å². The maximum Gasteiger partial charge on any atom is 0.217 e. The molecule has 5 nitrogen and oxygen atoms in total. The molecule has 5 heteroatoms. The monoisotopic (exact) mass is 262 g/mol. The predicted molar refractivity (Wildman–Crippen MR) is 72.7 cm³/mol. The number of amides is 1. The van der Waals surface area contributed by atoms with Gasteiger partial charge >= 0.3 is 0 Å². The maximum absolute atomic E-state index is 10.8. The molecule has 0 bridgehead atoms. The van der Waals surface area contributed by atoms with Gasteiger partial charge in [0.1, 0.15) is 5.82 Å². The summed E-state index contributed by atoms with van der Waals surface area (Å²) in [6.45, 7) is 2.94. The van der Waals surface area contributed by atoms with Crippen molar-refractivity contribution in [2.24, 2.45) is 5.73 Å². The highest BCUT2D eigenvalue weighted by Gasteiger charge is 2.31. The van der Waals surface area contributed by atoms with Gasteiger partial charge in [-0.05, 0) is 25.7 Å². The van der Waals surface area contributed by atoms with Crippen molar-refractivity contribution in [3.8, 4) is 0 Å². The lowest BCUT2D eigenvalue weighted by molar-refractivity contribution is -0.118. The quantitative estimate of drug-likeness (QED) is 0.753. The van der Waals surface area contributed by atoms with E-state index >= 15 is 0 Å². The molecule has 1 amide bonds. The zero-order valence-electron chi connectivity index (χ0n) is 11.3. The Bertz CT molecular complexity index is 476. The lowest BCUT2D eigenvalue weighted by Gasteiger charge is -2.16. The Morgan fingerprint density at radius 2 is 2.26 bits per heavy atom. The third-order valence-corrected chi connectivity index (χ3v) is 4.01. The lowest BCUT2D eigenvalue weighted by Crippen LogP contribution is -2.25. The standard InChI is InChI=1S/C14H22N4O/c15-13(19)3-1-2-8-18-12-6-7-16-9-11(12)17-14(18)10-4-5-10/h10,16H,1-9H2,(H2,15,19). The van der Waals surface area contributed by atoms with Crippen molar-refractivity contribution in [1.82, 2.24) is 14.9 Å². The SMILES string of the molecule is NC(=O)CCCCn1c(C2CC2)nc2c1CCNC2. The van der Waals surface area contributed by atoms with E-state index in [9.17, 15) is 4.79 Å². The van der Waals surface area contributed by atoms with Crippen molar-refractivity contribution in [2.45, 2.75) is 57.5 Å². The van der Waals surface area contributed by atoms with Gasteiger partial charge in [-0.2, -0.15) is 0 Å². The van der Waals surface area contributed by atoms with Gasteiger partial charge in [-0.3, -0.25) is 4.79 Å². The zero-order chi connectivity index (χ0) is 13.2. The fraction of sp³-hybridized carbons (Fsp3) is 0.714. The van der Waals surface area contributed by atoms with Gasteiger partial charge < -0.3 is 15.6 Å². The Kier molecular flexibility index (Phi) is 3.55. The Hall–Kier alpha value is -1.36. The van der Waals surface area contributed by atoms with Crippen molar-refractivity contribution in [3.05, 3.63) is 17.2 Å². The van der Waals surface area contributed by atoms with Gasteiger partial charge in [0.25, 0.3) is 0 Å². The number of rotatable bonds is 6. The Balaban J connectivity index is 1.71. The molecule has 1 aromatic heterocycles. The minimum Gasteiger partial charge on any atom is -0.370 e. The largest absolute Gasteiger partial charge is 0.370 e. The van der Waals surface area contributed by atoms with E-state index in [1.807, 2.05) is 0 Å². The van der Waals surface area contributed by atoms with Crippen LogP contribution in [-0.2, 0) is 24.3 Å². The van der Waals surface area contributed by atoms with E-state index in [0.29, 0.717) is 12.3 Å². The van der Waals surface area contributed by atoms with Crippen LogP contribution in [0.1, 0.15) is 55.2 Å². The molecule has 0 aromatic carbocycles. The highest BCUT2D eigenvalue weighted by molar-refractivity contribution is 5.73. The fourth-order valence-electron chi connectivity index (χ4n) is 2.86. The van der Waals surface area contributed by atoms with Gasteiger partial charge in [0, 0.05) is 44.1 Å². The second-order valence-corrected chi connectivity index (χ2v) is 5.64. The summed E-state index contributed by atoms with van der Waals surface area (Å²) in [5.74, 6) is 1.77.